The van der Waals surface area contributed by atoms with Gasteiger partial charge in [0, 0.05) is 10.2 Å². The van der Waals surface area contributed by atoms with Gasteiger partial charge in [0.15, 0.2) is 0 Å². The van der Waals surface area contributed by atoms with Crippen molar-refractivity contribution < 1.29 is 9.53 Å². The summed E-state index contributed by atoms with van der Waals surface area (Å²) < 4.78 is 5.73. The van der Waals surface area contributed by atoms with Crippen molar-refractivity contribution in [2.24, 2.45) is 0 Å². The first-order valence-corrected chi connectivity index (χ1v) is 7.25. The van der Waals surface area contributed by atoms with E-state index in [-0.39, 0.29) is 6.04 Å². The predicted octanol–water partition coefficient (Wildman–Crippen LogP) is 4.33. The number of hydrogen-bond donors (Lipinski definition) is 1. The van der Waals surface area contributed by atoms with Crippen LogP contribution in [0.25, 0.3) is 0 Å². The molecular formula is C17H16BrNO2. The number of ether oxygens (including phenoxy) is 1. The van der Waals surface area contributed by atoms with Crippen LogP contribution in [0.2, 0.25) is 0 Å². The molecule has 1 atom stereocenters. The van der Waals surface area contributed by atoms with Crippen molar-refractivity contribution in [2.75, 3.05) is 12.4 Å². The highest BCUT2D eigenvalue weighted by atomic mass is 79.9. The lowest BCUT2D eigenvalue weighted by atomic mass is 9.99. The van der Waals surface area contributed by atoms with Crippen LogP contribution in [-0.2, 0) is 9.53 Å². The van der Waals surface area contributed by atoms with Gasteiger partial charge in [-0.3, -0.25) is 0 Å². The molecule has 0 fully saturated rings. The Labute approximate surface area is 132 Å². The van der Waals surface area contributed by atoms with Gasteiger partial charge in [-0.2, -0.15) is 0 Å². The first-order valence-electron chi connectivity index (χ1n) is 6.46. The Kier molecular flexibility index (Phi) is 5.17. The third kappa shape index (κ3) is 3.95. The number of halogens is 1. The standard InChI is InChI=1S/C17H16BrNO2/c1-12(17(20)21-2)16(13-7-6-8-14(18)11-13)19-15-9-4-3-5-10-15/h3-11,16,19H,1H2,2H3. The smallest absolute Gasteiger partial charge is 0.335 e. The van der Waals surface area contributed by atoms with Crippen LogP contribution >= 0.6 is 15.9 Å². The van der Waals surface area contributed by atoms with Gasteiger partial charge >= 0.3 is 5.97 Å². The highest BCUT2D eigenvalue weighted by molar-refractivity contribution is 9.10. The molecule has 2 aromatic carbocycles. The molecule has 3 nitrogen and oxygen atoms in total. The van der Waals surface area contributed by atoms with Gasteiger partial charge in [-0.25, -0.2) is 4.79 Å². The molecule has 0 saturated carbocycles. The normalized spacial score (nSPS) is 11.5. The lowest BCUT2D eigenvalue weighted by molar-refractivity contribution is -0.136. The van der Waals surface area contributed by atoms with E-state index in [4.69, 9.17) is 4.74 Å². The van der Waals surface area contributed by atoms with Crippen molar-refractivity contribution in [3.63, 3.8) is 0 Å². The Morgan fingerprint density at radius 2 is 1.90 bits per heavy atom. The number of benzene rings is 2. The van der Waals surface area contributed by atoms with E-state index in [1.165, 1.54) is 7.11 Å². The molecule has 2 rings (SSSR count). The Hall–Kier alpha value is -2.07. The fourth-order valence-corrected chi connectivity index (χ4v) is 2.42. The van der Waals surface area contributed by atoms with Crippen LogP contribution in [0.15, 0.2) is 71.2 Å². The molecule has 0 amide bonds. The second kappa shape index (κ2) is 7.09. The summed E-state index contributed by atoms with van der Waals surface area (Å²) in [5.41, 5.74) is 2.20. The molecule has 21 heavy (non-hydrogen) atoms. The highest BCUT2D eigenvalue weighted by Crippen LogP contribution is 2.28. The molecule has 0 aromatic heterocycles. The third-order valence-corrected chi connectivity index (χ3v) is 3.56. The van der Waals surface area contributed by atoms with E-state index < -0.39 is 5.97 Å². The molecule has 0 heterocycles. The van der Waals surface area contributed by atoms with Gasteiger partial charge in [-0.1, -0.05) is 52.8 Å². The van der Waals surface area contributed by atoms with E-state index in [2.05, 4.69) is 27.8 Å². The lowest BCUT2D eigenvalue weighted by Gasteiger charge is -2.21. The number of para-hydroxylation sites is 1. The monoisotopic (exact) mass is 345 g/mol. The number of nitrogens with one attached hydrogen (secondary N) is 1. The average Bonchev–Trinajstić information content (AvgIpc) is 2.52. The number of rotatable bonds is 5. The molecule has 0 aliphatic heterocycles. The minimum atomic E-state index is -0.427. The van der Waals surface area contributed by atoms with Crippen molar-refractivity contribution in [2.45, 2.75) is 6.04 Å². The minimum absolute atomic E-state index is 0.350. The van der Waals surface area contributed by atoms with Gasteiger partial charge in [0.2, 0.25) is 0 Å². The number of methoxy groups -OCH3 is 1. The second-order valence-electron chi connectivity index (χ2n) is 4.52. The number of carbonyl (C=O) groups excluding carboxylic acids is 1. The van der Waals surface area contributed by atoms with Gasteiger partial charge in [-0.05, 0) is 29.8 Å². The zero-order valence-electron chi connectivity index (χ0n) is 11.7. The van der Waals surface area contributed by atoms with Crippen molar-refractivity contribution in [1.29, 1.82) is 0 Å². The molecule has 108 valence electrons. The molecule has 2 aromatic rings. The zero-order chi connectivity index (χ0) is 15.2. The maximum absolute atomic E-state index is 11.8. The van der Waals surface area contributed by atoms with Crippen LogP contribution in [0.5, 0.6) is 0 Å². The van der Waals surface area contributed by atoms with Crippen LogP contribution in [0.3, 0.4) is 0 Å². The Morgan fingerprint density at radius 1 is 1.19 bits per heavy atom. The van der Waals surface area contributed by atoms with E-state index in [0.717, 1.165) is 15.7 Å². The maximum atomic E-state index is 11.8. The number of carbonyl (C=O) groups is 1. The molecule has 4 heteroatoms. The second-order valence-corrected chi connectivity index (χ2v) is 5.43. The topological polar surface area (TPSA) is 38.3 Å². The molecule has 0 saturated heterocycles. The molecule has 1 N–H and O–H groups in total. The summed E-state index contributed by atoms with van der Waals surface area (Å²) in [6, 6.07) is 17.1. The van der Waals surface area contributed by atoms with E-state index in [1.54, 1.807) is 0 Å². The van der Waals surface area contributed by atoms with Gasteiger partial charge in [0.25, 0.3) is 0 Å². The van der Waals surface area contributed by atoms with Crippen LogP contribution in [0.1, 0.15) is 11.6 Å². The predicted molar refractivity (Wildman–Crippen MR) is 88.1 cm³/mol. The van der Waals surface area contributed by atoms with Crippen molar-refractivity contribution in [3.05, 3.63) is 76.8 Å². The third-order valence-electron chi connectivity index (χ3n) is 3.06. The molecule has 0 radical (unpaired) electrons. The van der Waals surface area contributed by atoms with Gasteiger partial charge < -0.3 is 10.1 Å². The quantitative estimate of drug-likeness (QED) is 0.647. The fraction of sp³-hybridized carbons (Fsp3) is 0.118. The zero-order valence-corrected chi connectivity index (χ0v) is 13.3. The van der Waals surface area contributed by atoms with Crippen LogP contribution < -0.4 is 5.32 Å². The van der Waals surface area contributed by atoms with Gasteiger partial charge in [-0.15, -0.1) is 0 Å². The van der Waals surface area contributed by atoms with Crippen LogP contribution in [0, 0.1) is 0 Å². The molecule has 0 aliphatic carbocycles. The van der Waals surface area contributed by atoms with Crippen molar-refractivity contribution >= 4 is 27.6 Å². The average molecular weight is 346 g/mol. The Morgan fingerprint density at radius 3 is 2.52 bits per heavy atom. The first kappa shape index (κ1) is 15.3. The summed E-state index contributed by atoms with van der Waals surface area (Å²) in [4.78, 5) is 11.8. The molecule has 0 bridgehead atoms. The summed E-state index contributed by atoms with van der Waals surface area (Å²) in [5.74, 6) is -0.427. The Balaban J connectivity index is 2.35. The van der Waals surface area contributed by atoms with E-state index in [1.807, 2.05) is 54.6 Å². The summed E-state index contributed by atoms with van der Waals surface area (Å²) in [5, 5.41) is 3.32. The maximum Gasteiger partial charge on any atom is 0.335 e. The summed E-state index contributed by atoms with van der Waals surface area (Å²) >= 11 is 3.45. The van der Waals surface area contributed by atoms with Gasteiger partial charge in [0.1, 0.15) is 0 Å². The summed E-state index contributed by atoms with van der Waals surface area (Å²) in [6.45, 7) is 3.88. The molecule has 1 unspecified atom stereocenters. The molecular weight excluding hydrogens is 330 g/mol. The first-order chi connectivity index (χ1) is 10.1. The van der Waals surface area contributed by atoms with E-state index in [9.17, 15) is 4.79 Å². The fourth-order valence-electron chi connectivity index (χ4n) is 2.01. The van der Waals surface area contributed by atoms with Crippen LogP contribution in [0.4, 0.5) is 5.69 Å². The molecule has 0 spiro atoms. The van der Waals surface area contributed by atoms with Crippen LogP contribution in [-0.4, -0.2) is 13.1 Å². The molecule has 0 aliphatic rings. The lowest BCUT2D eigenvalue weighted by Crippen LogP contribution is -2.19. The summed E-state index contributed by atoms with van der Waals surface area (Å²) in [7, 11) is 1.36. The SMILES string of the molecule is C=C(C(=O)OC)C(Nc1ccccc1)c1cccc(Br)c1. The largest absolute Gasteiger partial charge is 0.466 e. The minimum Gasteiger partial charge on any atom is -0.466 e. The number of anilines is 1. The van der Waals surface area contributed by atoms with E-state index in [0.29, 0.717) is 5.57 Å². The van der Waals surface area contributed by atoms with Crippen molar-refractivity contribution in [3.8, 4) is 0 Å². The Bertz CT molecular complexity index is 640. The summed E-state index contributed by atoms with van der Waals surface area (Å²) in [6.07, 6.45) is 0. The van der Waals surface area contributed by atoms with E-state index >= 15 is 0 Å². The highest BCUT2D eigenvalue weighted by Gasteiger charge is 2.21. The number of hydrogen-bond acceptors (Lipinski definition) is 3. The van der Waals surface area contributed by atoms with Crippen molar-refractivity contribution in [1.82, 2.24) is 0 Å². The van der Waals surface area contributed by atoms with Gasteiger partial charge in [0.05, 0.1) is 18.7 Å². The number of esters is 1.